The van der Waals surface area contributed by atoms with Gasteiger partial charge < -0.3 is 15.8 Å². The minimum atomic E-state index is 0.340. The second-order valence-electron chi connectivity index (χ2n) is 4.43. The van der Waals surface area contributed by atoms with Crippen LogP contribution < -0.4 is 11.1 Å². The molecule has 0 saturated heterocycles. The maximum atomic E-state index is 9.04. The summed E-state index contributed by atoms with van der Waals surface area (Å²) in [6, 6.07) is 7.93. The maximum absolute atomic E-state index is 9.04. The summed E-state index contributed by atoms with van der Waals surface area (Å²) in [5.41, 5.74) is 7.74. The molecule has 0 spiro atoms. The average Bonchev–Trinajstić information content (AvgIpc) is 2.79. The van der Waals surface area contributed by atoms with Gasteiger partial charge in [0.25, 0.3) is 0 Å². The lowest BCUT2D eigenvalue weighted by molar-refractivity contribution is 0.108. The highest BCUT2D eigenvalue weighted by Crippen LogP contribution is 2.26. The van der Waals surface area contributed by atoms with Gasteiger partial charge in [-0.15, -0.1) is 0 Å². The van der Waals surface area contributed by atoms with Gasteiger partial charge in [0, 0.05) is 18.8 Å². The Morgan fingerprint density at radius 1 is 1.47 bits per heavy atom. The molecule has 2 unspecified atom stereocenters. The van der Waals surface area contributed by atoms with Crippen molar-refractivity contribution in [2.45, 2.75) is 31.4 Å². The molecular formula is C13H17N3O. The summed E-state index contributed by atoms with van der Waals surface area (Å²) in [5.74, 6) is 0. The van der Waals surface area contributed by atoms with Crippen molar-refractivity contribution in [3.63, 3.8) is 0 Å². The second-order valence-corrected chi connectivity index (χ2v) is 4.43. The van der Waals surface area contributed by atoms with Gasteiger partial charge in [-0.1, -0.05) is 0 Å². The van der Waals surface area contributed by atoms with Crippen molar-refractivity contribution in [1.29, 1.82) is 5.26 Å². The van der Waals surface area contributed by atoms with Crippen LogP contribution >= 0.6 is 0 Å². The Labute approximate surface area is 101 Å². The van der Waals surface area contributed by atoms with Crippen LogP contribution in [0, 0.1) is 11.3 Å². The number of ether oxygens (including phenoxy) is 1. The van der Waals surface area contributed by atoms with E-state index in [4.69, 9.17) is 15.7 Å². The average molecular weight is 231 g/mol. The van der Waals surface area contributed by atoms with Gasteiger partial charge in [-0.2, -0.15) is 5.26 Å². The number of benzene rings is 1. The first-order valence-corrected chi connectivity index (χ1v) is 5.82. The fraction of sp³-hybridized carbons (Fsp3) is 0.462. The van der Waals surface area contributed by atoms with Crippen molar-refractivity contribution in [1.82, 2.24) is 0 Å². The zero-order valence-electron chi connectivity index (χ0n) is 9.94. The third-order valence-electron chi connectivity index (χ3n) is 3.24. The summed E-state index contributed by atoms with van der Waals surface area (Å²) in [5, 5.41) is 12.4. The molecule has 90 valence electrons. The predicted octanol–water partition coefficient (Wildman–Crippen LogP) is 2.12. The SMILES string of the molecule is COC1CCC(Nc2ccc(N)cc2C#N)C1. The van der Waals surface area contributed by atoms with E-state index in [-0.39, 0.29) is 0 Å². The van der Waals surface area contributed by atoms with Gasteiger partial charge in [0.2, 0.25) is 0 Å². The van der Waals surface area contributed by atoms with Crippen LogP contribution in [0.4, 0.5) is 11.4 Å². The molecule has 17 heavy (non-hydrogen) atoms. The van der Waals surface area contributed by atoms with E-state index in [2.05, 4.69) is 11.4 Å². The van der Waals surface area contributed by atoms with Crippen LogP contribution in [0.1, 0.15) is 24.8 Å². The lowest BCUT2D eigenvalue weighted by Gasteiger charge is -2.15. The highest BCUT2D eigenvalue weighted by molar-refractivity contribution is 5.63. The second kappa shape index (κ2) is 5.07. The highest BCUT2D eigenvalue weighted by Gasteiger charge is 2.24. The number of rotatable bonds is 3. The molecule has 4 heteroatoms. The standard InChI is InChI=1S/C13H17N3O/c1-17-12-4-3-11(7-12)16-13-5-2-10(15)6-9(13)8-14/h2,5-6,11-12,16H,3-4,7,15H2,1H3. The molecule has 0 aliphatic heterocycles. The monoisotopic (exact) mass is 231 g/mol. The molecule has 2 atom stereocenters. The molecule has 1 fully saturated rings. The van der Waals surface area contributed by atoms with E-state index in [0.717, 1.165) is 24.9 Å². The Balaban J connectivity index is 2.07. The molecule has 4 nitrogen and oxygen atoms in total. The van der Waals surface area contributed by atoms with Gasteiger partial charge >= 0.3 is 0 Å². The van der Waals surface area contributed by atoms with Crippen molar-refractivity contribution >= 4 is 11.4 Å². The number of nitriles is 1. The number of hydrogen-bond donors (Lipinski definition) is 2. The molecule has 1 aliphatic carbocycles. The van der Waals surface area contributed by atoms with Crippen molar-refractivity contribution in [3.05, 3.63) is 23.8 Å². The molecule has 2 rings (SSSR count). The molecule has 0 aromatic heterocycles. The Morgan fingerprint density at radius 2 is 2.29 bits per heavy atom. The number of nitrogens with one attached hydrogen (secondary N) is 1. The normalized spacial score (nSPS) is 23.3. The zero-order valence-corrected chi connectivity index (χ0v) is 9.94. The molecule has 3 N–H and O–H groups in total. The Kier molecular flexibility index (Phi) is 3.50. The van der Waals surface area contributed by atoms with Crippen LogP contribution in [0.25, 0.3) is 0 Å². The molecule has 0 amide bonds. The summed E-state index contributed by atoms with van der Waals surface area (Å²) in [4.78, 5) is 0. The predicted molar refractivity (Wildman–Crippen MR) is 67.6 cm³/mol. The van der Waals surface area contributed by atoms with Crippen LogP contribution in [0.15, 0.2) is 18.2 Å². The molecule has 1 aliphatic rings. The fourth-order valence-corrected chi connectivity index (χ4v) is 2.29. The number of nitrogen functional groups attached to an aromatic ring is 1. The zero-order chi connectivity index (χ0) is 12.3. The van der Waals surface area contributed by atoms with Crippen LogP contribution in [0.2, 0.25) is 0 Å². The Bertz CT molecular complexity index is 439. The maximum Gasteiger partial charge on any atom is 0.101 e. The van der Waals surface area contributed by atoms with Gasteiger partial charge in [0.05, 0.1) is 17.4 Å². The van der Waals surface area contributed by atoms with E-state index < -0.39 is 0 Å². The lowest BCUT2D eigenvalue weighted by atomic mass is 10.1. The minimum Gasteiger partial charge on any atom is -0.399 e. The van der Waals surface area contributed by atoms with Crippen LogP contribution in [0.3, 0.4) is 0 Å². The number of hydrogen-bond acceptors (Lipinski definition) is 4. The molecular weight excluding hydrogens is 214 g/mol. The van der Waals surface area contributed by atoms with Crippen LogP contribution in [-0.2, 0) is 4.74 Å². The van der Waals surface area contributed by atoms with Gasteiger partial charge in [-0.3, -0.25) is 0 Å². The summed E-state index contributed by atoms with van der Waals surface area (Å²) in [6.45, 7) is 0. The first-order valence-electron chi connectivity index (χ1n) is 5.82. The molecule has 1 aromatic rings. The van der Waals surface area contributed by atoms with Crippen LogP contribution in [0.5, 0.6) is 0 Å². The first kappa shape index (κ1) is 11.7. The topological polar surface area (TPSA) is 71.1 Å². The van der Waals surface area contributed by atoms with Crippen molar-refractivity contribution in [2.24, 2.45) is 0 Å². The van der Waals surface area contributed by atoms with Gasteiger partial charge in [-0.25, -0.2) is 0 Å². The van der Waals surface area contributed by atoms with Crippen molar-refractivity contribution in [3.8, 4) is 6.07 Å². The highest BCUT2D eigenvalue weighted by atomic mass is 16.5. The lowest BCUT2D eigenvalue weighted by Crippen LogP contribution is -2.18. The first-order chi connectivity index (χ1) is 8.22. The summed E-state index contributed by atoms with van der Waals surface area (Å²) >= 11 is 0. The summed E-state index contributed by atoms with van der Waals surface area (Å²) in [7, 11) is 1.75. The molecule has 1 aromatic carbocycles. The van der Waals surface area contributed by atoms with Crippen LogP contribution in [-0.4, -0.2) is 19.3 Å². The van der Waals surface area contributed by atoms with E-state index in [9.17, 15) is 0 Å². The van der Waals surface area contributed by atoms with E-state index in [1.165, 1.54) is 0 Å². The Morgan fingerprint density at radius 3 is 2.94 bits per heavy atom. The number of methoxy groups -OCH3 is 1. The molecule has 0 bridgehead atoms. The Hall–Kier alpha value is -1.73. The number of nitrogens with zero attached hydrogens (tertiary/aromatic N) is 1. The molecule has 1 saturated carbocycles. The van der Waals surface area contributed by atoms with Crippen molar-refractivity contribution in [2.75, 3.05) is 18.2 Å². The fourth-order valence-electron chi connectivity index (χ4n) is 2.29. The third kappa shape index (κ3) is 2.69. The van der Waals surface area contributed by atoms with Gasteiger partial charge in [0.15, 0.2) is 0 Å². The largest absolute Gasteiger partial charge is 0.399 e. The van der Waals surface area contributed by atoms with Gasteiger partial charge in [0.1, 0.15) is 6.07 Å². The van der Waals surface area contributed by atoms with E-state index >= 15 is 0 Å². The minimum absolute atomic E-state index is 0.340. The quantitative estimate of drug-likeness (QED) is 0.782. The van der Waals surface area contributed by atoms with E-state index in [1.807, 2.05) is 12.1 Å². The van der Waals surface area contributed by atoms with Gasteiger partial charge in [-0.05, 0) is 37.5 Å². The number of nitrogens with two attached hydrogens (primary N) is 1. The number of anilines is 2. The summed E-state index contributed by atoms with van der Waals surface area (Å²) < 4.78 is 5.33. The smallest absolute Gasteiger partial charge is 0.101 e. The molecule has 0 radical (unpaired) electrons. The molecule has 0 heterocycles. The van der Waals surface area contributed by atoms with E-state index in [0.29, 0.717) is 23.4 Å². The van der Waals surface area contributed by atoms with E-state index in [1.54, 1.807) is 13.2 Å². The summed E-state index contributed by atoms with van der Waals surface area (Å²) in [6.07, 6.45) is 3.48. The van der Waals surface area contributed by atoms with Crippen molar-refractivity contribution < 1.29 is 4.74 Å². The third-order valence-corrected chi connectivity index (χ3v) is 3.24.